The van der Waals surface area contributed by atoms with E-state index in [-0.39, 0.29) is 0 Å². The number of aromatic nitrogens is 4. The van der Waals surface area contributed by atoms with Crippen LogP contribution in [0, 0.1) is 0 Å². The maximum Gasteiger partial charge on any atom is 0.191 e. The molecular formula is C10H15N5S. The Labute approximate surface area is 98.5 Å². The number of thioether (sulfide) groups is 1. The minimum Gasteiger partial charge on any atom is -0.368 e. The van der Waals surface area contributed by atoms with Crippen LogP contribution in [0.4, 0.5) is 5.82 Å². The molecule has 0 fully saturated rings. The van der Waals surface area contributed by atoms with Gasteiger partial charge in [0.1, 0.15) is 5.52 Å². The number of H-pyrrole nitrogens is 1. The molecule has 5 nitrogen and oxygen atoms in total. The highest BCUT2D eigenvalue weighted by Gasteiger charge is 2.08. The molecule has 0 aromatic carbocycles. The molecule has 2 rings (SSSR count). The van der Waals surface area contributed by atoms with Gasteiger partial charge in [-0.2, -0.15) is 0 Å². The summed E-state index contributed by atoms with van der Waals surface area (Å²) in [6, 6.07) is 0. The second-order valence-corrected chi connectivity index (χ2v) is 4.21. The number of rotatable bonds is 5. The molecule has 0 aliphatic heterocycles. The molecule has 6 heteroatoms. The molecule has 0 atom stereocenters. The topological polar surface area (TPSA) is 66.5 Å². The molecule has 0 saturated carbocycles. The first-order valence-corrected chi connectivity index (χ1v) is 6.56. The summed E-state index contributed by atoms with van der Waals surface area (Å²) in [5, 5.41) is 4.06. The molecule has 0 radical (unpaired) electrons. The maximum absolute atomic E-state index is 4.43. The van der Waals surface area contributed by atoms with Gasteiger partial charge in [-0.1, -0.05) is 25.1 Å². The average Bonchev–Trinajstić information content (AvgIpc) is 2.77. The molecule has 2 heterocycles. The number of hydrogen-bond acceptors (Lipinski definition) is 5. The predicted octanol–water partition coefficient (Wildman–Crippen LogP) is 2.29. The third-order valence-corrected chi connectivity index (χ3v) is 2.82. The lowest BCUT2D eigenvalue weighted by Crippen LogP contribution is -2.05. The Hall–Kier alpha value is -1.30. The van der Waals surface area contributed by atoms with E-state index in [1.165, 1.54) is 18.2 Å². The Morgan fingerprint density at radius 3 is 3.06 bits per heavy atom. The Morgan fingerprint density at radius 1 is 1.44 bits per heavy atom. The SMILES string of the molecule is CCCCNc1nc(SC)nc2nc[nH]c12. The highest BCUT2D eigenvalue weighted by Crippen LogP contribution is 2.20. The van der Waals surface area contributed by atoms with Crippen molar-refractivity contribution < 1.29 is 0 Å². The van der Waals surface area contributed by atoms with Crippen molar-refractivity contribution in [3.63, 3.8) is 0 Å². The van der Waals surface area contributed by atoms with Gasteiger partial charge in [0.05, 0.1) is 6.33 Å². The van der Waals surface area contributed by atoms with Crippen LogP contribution in [0.2, 0.25) is 0 Å². The van der Waals surface area contributed by atoms with Gasteiger partial charge in [0, 0.05) is 6.54 Å². The van der Waals surface area contributed by atoms with Crippen molar-refractivity contribution in [2.75, 3.05) is 18.1 Å². The van der Waals surface area contributed by atoms with Crippen LogP contribution in [0.5, 0.6) is 0 Å². The van der Waals surface area contributed by atoms with Gasteiger partial charge in [-0.3, -0.25) is 0 Å². The van der Waals surface area contributed by atoms with Crippen LogP contribution in [-0.2, 0) is 0 Å². The highest BCUT2D eigenvalue weighted by atomic mass is 32.2. The van der Waals surface area contributed by atoms with Crippen LogP contribution in [0.1, 0.15) is 19.8 Å². The van der Waals surface area contributed by atoms with E-state index >= 15 is 0 Å². The van der Waals surface area contributed by atoms with Crippen LogP contribution >= 0.6 is 11.8 Å². The fourth-order valence-corrected chi connectivity index (χ4v) is 1.78. The maximum atomic E-state index is 4.43. The monoisotopic (exact) mass is 237 g/mol. The average molecular weight is 237 g/mol. The summed E-state index contributed by atoms with van der Waals surface area (Å²) in [6.07, 6.45) is 5.91. The van der Waals surface area contributed by atoms with Gasteiger partial charge in [0.15, 0.2) is 16.6 Å². The molecule has 0 amide bonds. The van der Waals surface area contributed by atoms with Crippen LogP contribution in [0.25, 0.3) is 11.2 Å². The highest BCUT2D eigenvalue weighted by molar-refractivity contribution is 7.98. The first-order valence-electron chi connectivity index (χ1n) is 5.34. The first-order chi connectivity index (χ1) is 7.85. The lowest BCUT2D eigenvalue weighted by Gasteiger charge is -2.06. The quantitative estimate of drug-likeness (QED) is 0.474. The lowest BCUT2D eigenvalue weighted by molar-refractivity contribution is 0.828. The van der Waals surface area contributed by atoms with Crippen molar-refractivity contribution in [3.05, 3.63) is 6.33 Å². The number of fused-ring (bicyclic) bond motifs is 1. The number of imidazole rings is 1. The summed E-state index contributed by atoms with van der Waals surface area (Å²) < 4.78 is 0. The molecule has 0 saturated heterocycles. The smallest absolute Gasteiger partial charge is 0.191 e. The predicted molar refractivity (Wildman–Crippen MR) is 66.9 cm³/mol. The first kappa shape index (κ1) is 11.2. The minimum atomic E-state index is 0.721. The molecule has 0 unspecified atom stereocenters. The third-order valence-electron chi connectivity index (χ3n) is 2.27. The van der Waals surface area contributed by atoms with E-state index in [1.54, 1.807) is 6.33 Å². The Morgan fingerprint density at radius 2 is 2.31 bits per heavy atom. The van der Waals surface area contributed by atoms with Crippen LogP contribution < -0.4 is 5.32 Å². The van der Waals surface area contributed by atoms with Crippen molar-refractivity contribution >= 4 is 28.7 Å². The molecule has 16 heavy (non-hydrogen) atoms. The number of nitrogens with one attached hydrogen (secondary N) is 2. The third kappa shape index (κ3) is 2.27. The summed E-state index contributed by atoms with van der Waals surface area (Å²) in [4.78, 5) is 16.0. The fourth-order valence-electron chi connectivity index (χ4n) is 1.42. The van der Waals surface area contributed by atoms with E-state index < -0.39 is 0 Å². The van der Waals surface area contributed by atoms with E-state index in [4.69, 9.17) is 0 Å². The molecule has 0 aliphatic carbocycles. The summed E-state index contributed by atoms with van der Waals surface area (Å²) in [6.45, 7) is 3.09. The van der Waals surface area contributed by atoms with E-state index in [0.29, 0.717) is 0 Å². The van der Waals surface area contributed by atoms with Crippen LogP contribution in [-0.4, -0.2) is 32.7 Å². The van der Waals surface area contributed by atoms with Gasteiger partial charge in [0.2, 0.25) is 0 Å². The number of aromatic amines is 1. The Balaban J connectivity index is 2.29. The fraction of sp³-hybridized carbons (Fsp3) is 0.500. The van der Waals surface area contributed by atoms with E-state index in [9.17, 15) is 0 Å². The van der Waals surface area contributed by atoms with Crippen LogP contribution in [0.15, 0.2) is 11.5 Å². The van der Waals surface area contributed by atoms with E-state index in [1.807, 2.05) is 6.26 Å². The van der Waals surface area contributed by atoms with Crippen molar-refractivity contribution in [3.8, 4) is 0 Å². The summed E-state index contributed by atoms with van der Waals surface area (Å²) >= 11 is 1.52. The number of unbranched alkanes of at least 4 members (excludes halogenated alkanes) is 1. The second-order valence-electron chi connectivity index (χ2n) is 3.44. The lowest BCUT2D eigenvalue weighted by atomic mass is 10.3. The summed E-state index contributed by atoms with van der Waals surface area (Å²) in [5.41, 5.74) is 1.60. The van der Waals surface area contributed by atoms with Crippen molar-refractivity contribution in [1.82, 2.24) is 19.9 Å². The standard InChI is InChI=1S/C10H15N5S/c1-3-4-5-11-8-7-9(13-6-12-7)15-10(14-8)16-2/h6H,3-5H2,1-2H3,(H2,11,12,13,14,15). The molecular weight excluding hydrogens is 222 g/mol. The van der Waals surface area contributed by atoms with Crippen molar-refractivity contribution in [2.24, 2.45) is 0 Å². The van der Waals surface area contributed by atoms with E-state index in [0.717, 1.165) is 35.1 Å². The Kier molecular flexibility index (Phi) is 3.61. The van der Waals surface area contributed by atoms with Gasteiger partial charge < -0.3 is 10.3 Å². The normalized spacial score (nSPS) is 10.9. The van der Waals surface area contributed by atoms with Gasteiger partial charge >= 0.3 is 0 Å². The zero-order chi connectivity index (χ0) is 11.4. The molecule has 0 aliphatic rings. The molecule has 0 spiro atoms. The molecule has 0 bridgehead atoms. The Bertz CT molecular complexity index is 467. The van der Waals surface area contributed by atoms with E-state index in [2.05, 4.69) is 32.2 Å². The zero-order valence-electron chi connectivity index (χ0n) is 9.45. The van der Waals surface area contributed by atoms with Crippen LogP contribution in [0.3, 0.4) is 0 Å². The number of nitrogens with zero attached hydrogens (tertiary/aromatic N) is 3. The van der Waals surface area contributed by atoms with Crippen molar-refractivity contribution in [2.45, 2.75) is 24.9 Å². The second kappa shape index (κ2) is 5.16. The number of hydrogen-bond donors (Lipinski definition) is 2. The number of anilines is 1. The zero-order valence-corrected chi connectivity index (χ0v) is 10.3. The minimum absolute atomic E-state index is 0.721. The van der Waals surface area contributed by atoms with Crippen molar-refractivity contribution in [1.29, 1.82) is 0 Å². The molecule has 2 aromatic rings. The summed E-state index contributed by atoms with van der Waals surface area (Å²) in [5.74, 6) is 0.848. The molecule has 2 aromatic heterocycles. The van der Waals surface area contributed by atoms with Gasteiger partial charge in [-0.05, 0) is 12.7 Å². The van der Waals surface area contributed by atoms with Gasteiger partial charge in [-0.15, -0.1) is 0 Å². The molecule has 86 valence electrons. The molecule has 2 N–H and O–H groups in total. The van der Waals surface area contributed by atoms with Gasteiger partial charge in [0.25, 0.3) is 0 Å². The largest absolute Gasteiger partial charge is 0.368 e. The summed E-state index contributed by atoms with van der Waals surface area (Å²) in [7, 11) is 0. The van der Waals surface area contributed by atoms with Gasteiger partial charge in [-0.25, -0.2) is 15.0 Å².